The van der Waals surface area contributed by atoms with Crippen molar-refractivity contribution in [2.24, 2.45) is 11.8 Å². The van der Waals surface area contributed by atoms with Gasteiger partial charge in [0.25, 0.3) is 5.91 Å². The lowest BCUT2D eigenvalue weighted by molar-refractivity contribution is -0.153. The minimum atomic E-state index is -0.745. The maximum absolute atomic E-state index is 14.4. The second-order valence-electron chi connectivity index (χ2n) is 9.31. The monoisotopic (exact) mass is 580 g/mol. The third kappa shape index (κ3) is 4.45. The number of carbonyl (C=O) groups excluding carboxylic acids is 3. The maximum atomic E-state index is 14.4. The summed E-state index contributed by atoms with van der Waals surface area (Å²) in [7, 11) is 1.58. The highest BCUT2D eigenvalue weighted by atomic mass is 79.9. The van der Waals surface area contributed by atoms with Gasteiger partial charge in [-0.25, -0.2) is 0 Å². The van der Waals surface area contributed by atoms with Crippen molar-refractivity contribution >= 4 is 51.2 Å². The molecule has 0 radical (unpaired) electrons. The van der Waals surface area contributed by atoms with Gasteiger partial charge in [-0.05, 0) is 50.5 Å². The fourth-order valence-corrected chi connectivity index (χ4v) is 9.51. The van der Waals surface area contributed by atoms with E-state index in [2.05, 4.69) is 22.5 Å². The highest BCUT2D eigenvalue weighted by molar-refractivity contribution is 9.09. The summed E-state index contributed by atoms with van der Waals surface area (Å²) in [6.45, 7) is 6.46. The van der Waals surface area contributed by atoms with Gasteiger partial charge in [0.15, 0.2) is 0 Å². The van der Waals surface area contributed by atoms with E-state index in [1.165, 1.54) is 0 Å². The molecule has 2 bridgehead atoms. The number of anilines is 1. The van der Waals surface area contributed by atoms with Crippen molar-refractivity contribution in [3.63, 3.8) is 0 Å². The number of unbranched alkanes of at least 4 members (excludes halogenated alkanes) is 1. The van der Waals surface area contributed by atoms with Crippen LogP contribution < -0.4 is 9.64 Å². The summed E-state index contributed by atoms with van der Waals surface area (Å²) in [5.41, 5.74) is 0.679. The van der Waals surface area contributed by atoms with Crippen molar-refractivity contribution in [1.29, 1.82) is 0 Å². The Morgan fingerprint density at radius 3 is 2.67 bits per heavy atom. The number of aliphatic hydroxyl groups is 1. The van der Waals surface area contributed by atoms with Crippen molar-refractivity contribution in [3.05, 3.63) is 36.9 Å². The molecule has 3 saturated heterocycles. The zero-order valence-electron chi connectivity index (χ0n) is 20.6. The van der Waals surface area contributed by atoms with Crippen LogP contribution in [0.15, 0.2) is 36.9 Å². The summed E-state index contributed by atoms with van der Waals surface area (Å²) in [5, 5.41) is 9.20. The van der Waals surface area contributed by atoms with Gasteiger partial charge in [0.1, 0.15) is 11.8 Å². The number of alkyl halides is 1. The number of amides is 2. The van der Waals surface area contributed by atoms with Crippen LogP contribution in [0, 0.1) is 11.8 Å². The number of ether oxygens (including phenoxy) is 2. The van der Waals surface area contributed by atoms with Gasteiger partial charge in [-0.1, -0.05) is 22.0 Å². The van der Waals surface area contributed by atoms with Crippen LogP contribution in [0.3, 0.4) is 0 Å². The molecule has 1 aromatic rings. The van der Waals surface area contributed by atoms with E-state index >= 15 is 0 Å². The van der Waals surface area contributed by atoms with Crippen LogP contribution in [0.5, 0.6) is 5.75 Å². The average molecular weight is 582 g/mol. The molecule has 4 rings (SSSR count). The van der Waals surface area contributed by atoms with E-state index in [9.17, 15) is 19.5 Å². The van der Waals surface area contributed by atoms with Gasteiger partial charge < -0.3 is 24.4 Å². The zero-order chi connectivity index (χ0) is 26.0. The second kappa shape index (κ2) is 11.1. The molecule has 0 saturated carbocycles. The number of fused-ring (bicyclic) bond motifs is 1. The number of esters is 1. The molecule has 0 aromatic heterocycles. The molecule has 2 amide bonds. The van der Waals surface area contributed by atoms with E-state index in [1.54, 1.807) is 53.8 Å². The molecule has 0 aliphatic carbocycles. The Bertz CT molecular complexity index is 1010. The lowest BCUT2D eigenvalue weighted by Gasteiger charge is -2.37. The van der Waals surface area contributed by atoms with Crippen LogP contribution in [0.25, 0.3) is 0 Å². The SMILES string of the molecule is C=CCN(C(=O)C1N(CCCCO)C(=O)[C@@H]2[C@H](C(=O)OCC)[C@H]3SC12CC3Br)c1ccc(OC)cc1. The van der Waals surface area contributed by atoms with Crippen LogP contribution in [0.2, 0.25) is 0 Å². The number of likely N-dealkylation sites (tertiary alicyclic amines) is 1. The molecule has 1 spiro atoms. The lowest BCUT2D eigenvalue weighted by Crippen LogP contribution is -2.55. The summed E-state index contributed by atoms with van der Waals surface area (Å²) in [4.78, 5) is 44.6. The maximum Gasteiger partial charge on any atom is 0.310 e. The number of benzene rings is 1. The minimum absolute atomic E-state index is 0.00933. The first-order valence-corrected chi connectivity index (χ1v) is 14.1. The highest BCUT2D eigenvalue weighted by Gasteiger charge is 2.76. The summed E-state index contributed by atoms with van der Waals surface area (Å²) in [5.74, 6) is -1.29. The summed E-state index contributed by atoms with van der Waals surface area (Å²) in [6, 6.07) is 6.47. The van der Waals surface area contributed by atoms with E-state index in [4.69, 9.17) is 9.47 Å². The Morgan fingerprint density at radius 1 is 1.33 bits per heavy atom. The topological polar surface area (TPSA) is 96.4 Å². The second-order valence-corrected chi connectivity index (χ2v) is 12.0. The Morgan fingerprint density at radius 2 is 2.06 bits per heavy atom. The van der Waals surface area contributed by atoms with Crippen LogP contribution in [0.4, 0.5) is 5.69 Å². The zero-order valence-corrected chi connectivity index (χ0v) is 23.0. The quantitative estimate of drug-likeness (QED) is 0.186. The first kappa shape index (κ1) is 27.0. The van der Waals surface area contributed by atoms with Crippen molar-refractivity contribution < 1.29 is 29.0 Å². The largest absolute Gasteiger partial charge is 0.497 e. The summed E-state index contributed by atoms with van der Waals surface area (Å²) in [6.07, 6.45) is 3.36. The molecule has 3 aliphatic rings. The van der Waals surface area contributed by atoms with Crippen LogP contribution in [-0.2, 0) is 19.1 Å². The predicted molar refractivity (Wildman–Crippen MR) is 142 cm³/mol. The molecule has 1 N–H and O–H groups in total. The van der Waals surface area contributed by atoms with Crippen molar-refractivity contribution in [2.75, 3.05) is 38.3 Å². The number of carbonyl (C=O) groups is 3. The molecule has 10 heteroatoms. The van der Waals surface area contributed by atoms with Crippen LogP contribution in [0.1, 0.15) is 26.2 Å². The first-order valence-electron chi connectivity index (χ1n) is 12.3. The van der Waals surface area contributed by atoms with E-state index in [0.717, 1.165) is 0 Å². The summed E-state index contributed by atoms with van der Waals surface area (Å²) >= 11 is 5.34. The number of aliphatic hydroxyl groups excluding tert-OH is 1. The number of nitrogens with zero attached hydrogens (tertiary/aromatic N) is 2. The van der Waals surface area contributed by atoms with Gasteiger partial charge in [0.2, 0.25) is 5.91 Å². The fraction of sp³-hybridized carbons (Fsp3) is 0.577. The Balaban J connectivity index is 1.76. The number of thioether (sulfide) groups is 1. The molecule has 36 heavy (non-hydrogen) atoms. The van der Waals surface area contributed by atoms with Gasteiger partial charge in [-0.2, -0.15) is 0 Å². The van der Waals surface area contributed by atoms with E-state index in [1.807, 2.05) is 12.1 Å². The van der Waals surface area contributed by atoms with E-state index < -0.39 is 22.6 Å². The molecule has 3 unspecified atom stereocenters. The number of hydrogen-bond acceptors (Lipinski definition) is 7. The molecule has 1 aromatic carbocycles. The molecule has 3 fully saturated rings. The smallest absolute Gasteiger partial charge is 0.310 e. The minimum Gasteiger partial charge on any atom is -0.497 e. The summed E-state index contributed by atoms with van der Waals surface area (Å²) < 4.78 is 9.92. The Labute approximate surface area is 224 Å². The molecule has 3 heterocycles. The third-order valence-corrected chi connectivity index (χ3v) is 10.6. The van der Waals surface area contributed by atoms with Gasteiger partial charge >= 0.3 is 5.97 Å². The Hall–Kier alpha value is -2.04. The van der Waals surface area contributed by atoms with Crippen molar-refractivity contribution in [2.45, 2.75) is 47.1 Å². The van der Waals surface area contributed by atoms with Gasteiger partial charge in [0, 0.05) is 35.5 Å². The predicted octanol–water partition coefficient (Wildman–Crippen LogP) is 3.01. The normalized spacial score (nSPS) is 30.3. The molecule has 196 valence electrons. The fourth-order valence-electron chi connectivity index (χ4n) is 5.91. The molecular formula is C26H33BrN2O6S. The van der Waals surface area contributed by atoms with E-state index in [0.29, 0.717) is 37.2 Å². The van der Waals surface area contributed by atoms with E-state index in [-0.39, 0.29) is 47.6 Å². The van der Waals surface area contributed by atoms with Crippen LogP contribution >= 0.6 is 27.7 Å². The van der Waals surface area contributed by atoms with Gasteiger partial charge in [-0.15, -0.1) is 18.3 Å². The Kier molecular flexibility index (Phi) is 8.36. The average Bonchev–Trinajstić information content (AvgIpc) is 3.46. The standard InChI is InChI=1S/C26H33BrN2O6S/c1-4-12-28(16-8-10-17(34-3)11-9-16)24(32)22-26-15-18(27)21(36-26)19(25(33)35-5-2)20(26)23(31)29(22)13-6-7-14-30/h4,8-11,18-22,30H,1,5-7,12-15H2,2-3H3/t18?,19-,20-,21-,22?,26?/m0/s1. The molecular weight excluding hydrogens is 548 g/mol. The number of halogens is 1. The lowest BCUT2D eigenvalue weighted by atomic mass is 9.71. The van der Waals surface area contributed by atoms with Crippen LogP contribution in [-0.4, -0.2) is 82.1 Å². The van der Waals surface area contributed by atoms with Gasteiger partial charge in [-0.3, -0.25) is 14.4 Å². The number of rotatable bonds is 11. The highest BCUT2D eigenvalue weighted by Crippen LogP contribution is 2.68. The first-order chi connectivity index (χ1) is 17.3. The molecule has 8 nitrogen and oxygen atoms in total. The molecule has 6 atom stereocenters. The van der Waals surface area contributed by atoms with Crippen molar-refractivity contribution in [1.82, 2.24) is 4.90 Å². The number of hydrogen-bond donors (Lipinski definition) is 1. The third-order valence-electron chi connectivity index (χ3n) is 7.35. The van der Waals surface area contributed by atoms with Crippen molar-refractivity contribution in [3.8, 4) is 5.75 Å². The van der Waals surface area contributed by atoms with Gasteiger partial charge in [0.05, 0.1) is 30.3 Å². The molecule has 3 aliphatic heterocycles. The number of methoxy groups -OCH3 is 1.